The molecular weight excluding hydrogens is 437 g/mol. The van der Waals surface area contributed by atoms with Crippen LogP contribution in [0.4, 0.5) is 18.9 Å². The van der Waals surface area contributed by atoms with Gasteiger partial charge in [0.1, 0.15) is 5.60 Å². The van der Waals surface area contributed by atoms with Crippen LogP contribution in [0.25, 0.3) is 0 Å². The van der Waals surface area contributed by atoms with Crippen molar-refractivity contribution >= 4 is 35.3 Å². The van der Waals surface area contributed by atoms with Crippen molar-refractivity contribution in [3.05, 3.63) is 52.2 Å². The van der Waals surface area contributed by atoms with Gasteiger partial charge in [-0.05, 0) is 48.4 Å². The van der Waals surface area contributed by atoms with E-state index in [0.717, 1.165) is 30.1 Å². The smallest absolute Gasteiger partial charge is 0.384 e. The molecule has 4 nitrogen and oxygen atoms in total. The van der Waals surface area contributed by atoms with E-state index in [2.05, 4.69) is 4.90 Å². The molecule has 164 valence electrons. The number of piperidine rings is 1. The molecule has 4 rings (SSSR count). The predicted octanol–water partition coefficient (Wildman–Crippen LogP) is 4.53. The molecule has 1 amide bonds. The minimum Gasteiger partial charge on any atom is -0.384 e. The standard InChI is InChI=1S/C21H23F3N2O2S.ClH/c22-21(23,24)16-3-1-4-17(12-16)26-14-15(11-19(26)27)13-25-8-6-20(28,7-9-25)18-5-2-10-29-18;/h1-5,10,12,15,28H,6-9,11,13-14H2;1H. The monoisotopic (exact) mass is 460 g/mol. The van der Waals surface area contributed by atoms with Crippen LogP contribution in [0, 0.1) is 5.92 Å². The summed E-state index contributed by atoms with van der Waals surface area (Å²) in [5.41, 5.74) is -1.21. The second-order valence-electron chi connectivity index (χ2n) is 7.93. The fourth-order valence-electron chi connectivity index (χ4n) is 4.26. The van der Waals surface area contributed by atoms with Gasteiger partial charge in [-0.15, -0.1) is 23.7 Å². The van der Waals surface area contributed by atoms with Crippen LogP contribution in [0.1, 0.15) is 29.7 Å². The maximum absolute atomic E-state index is 13.0. The molecule has 1 aromatic heterocycles. The van der Waals surface area contributed by atoms with Crippen molar-refractivity contribution < 1.29 is 23.1 Å². The van der Waals surface area contributed by atoms with Crippen molar-refractivity contribution in [2.24, 2.45) is 5.92 Å². The van der Waals surface area contributed by atoms with Gasteiger partial charge in [0, 0.05) is 43.2 Å². The summed E-state index contributed by atoms with van der Waals surface area (Å²) in [5.74, 6) is -0.0635. The molecule has 0 spiro atoms. The van der Waals surface area contributed by atoms with Crippen LogP contribution in [0.15, 0.2) is 41.8 Å². The number of hydrogen-bond donors (Lipinski definition) is 1. The zero-order valence-electron chi connectivity index (χ0n) is 16.3. The van der Waals surface area contributed by atoms with Gasteiger partial charge in [-0.2, -0.15) is 13.2 Å². The molecule has 1 aromatic carbocycles. The fraction of sp³-hybridized carbons (Fsp3) is 0.476. The minimum absolute atomic E-state index is 0. The molecule has 0 saturated carbocycles. The van der Waals surface area contributed by atoms with E-state index in [9.17, 15) is 23.1 Å². The number of anilines is 1. The van der Waals surface area contributed by atoms with Crippen LogP contribution in [-0.2, 0) is 16.6 Å². The van der Waals surface area contributed by atoms with Gasteiger partial charge < -0.3 is 14.9 Å². The van der Waals surface area contributed by atoms with Gasteiger partial charge in [-0.25, -0.2) is 0 Å². The third-order valence-corrected chi connectivity index (χ3v) is 6.93. The summed E-state index contributed by atoms with van der Waals surface area (Å²) in [5, 5.41) is 12.8. The molecule has 2 aliphatic rings. The molecule has 2 saturated heterocycles. The first-order chi connectivity index (χ1) is 13.7. The summed E-state index contributed by atoms with van der Waals surface area (Å²) < 4.78 is 38.9. The average molecular weight is 461 g/mol. The Balaban J connectivity index is 0.00000256. The second-order valence-corrected chi connectivity index (χ2v) is 8.88. The third-order valence-electron chi connectivity index (χ3n) is 5.87. The Labute approximate surface area is 183 Å². The lowest BCUT2D eigenvalue weighted by Gasteiger charge is -2.38. The summed E-state index contributed by atoms with van der Waals surface area (Å²) in [4.78, 5) is 17.1. The molecule has 2 fully saturated rings. The fourth-order valence-corrected chi connectivity index (χ4v) is 5.15. The van der Waals surface area contributed by atoms with Gasteiger partial charge in [-0.1, -0.05) is 12.1 Å². The van der Waals surface area contributed by atoms with Crippen LogP contribution in [0.2, 0.25) is 0 Å². The molecule has 2 aromatic rings. The van der Waals surface area contributed by atoms with Crippen molar-refractivity contribution in [3.8, 4) is 0 Å². The van der Waals surface area contributed by atoms with Crippen molar-refractivity contribution in [3.63, 3.8) is 0 Å². The van der Waals surface area contributed by atoms with Gasteiger partial charge in [0.2, 0.25) is 5.91 Å². The number of aliphatic hydroxyl groups is 1. The van der Waals surface area contributed by atoms with E-state index in [1.807, 2.05) is 17.5 Å². The Morgan fingerprint density at radius 2 is 1.90 bits per heavy atom. The Kier molecular flexibility index (Phi) is 6.81. The summed E-state index contributed by atoms with van der Waals surface area (Å²) in [6, 6.07) is 8.86. The topological polar surface area (TPSA) is 43.8 Å². The van der Waals surface area contributed by atoms with Crippen molar-refractivity contribution in [2.45, 2.75) is 31.0 Å². The van der Waals surface area contributed by atoms with Crippen LogP contribution in [-0.4, -0.2) is 42.1 Å². The lowest BCUT2D eigenvalue weighted by Crippen LogP contribution is -2.44. The Morgan fingerprint density at radius 1 is 1.17 bits per heavy atom. The Bertz CT molecular complexity index is 867. The molecule has 0 aliphatic carbocycles. The predicted molar refractivity (Wildman–Crippen MR) is 113 cm³/mol. The first kappa shape index (κ1) is 23.1. The van der Waals surface area contributed by atoms with E-state index < -0.39 is 17.3 Å². The maximum atomic E-state index is 13.0. The van der Waals surface area contributed by atoms with Crippen molar-refractivity contribution in [1.82, 2.24) is 4.90 Å². The Hall–Kier alpha value is -1.61. The lowest BCUT2D eigenvalue weighted by atomic mass is 9.89. The quantitative estimate of drug-likeness (QED) is 0.729. The molecule has 9 heteroatoms. The normalized spacial score (nSPS) is 22.2. The highest BCUT2D eigenvalue weighted by Crippen LogP contribution is 2.37. The second kappa shape index (κ2) is 8.86. The van der Waals surface area contributed by atoms with E-state index in [0.29, 0.717) is 38.0 Å². The summed E-state index contributed by atoms with van der Waals surface area (Å²) in [6.07, 6.45) is -2.80. The van der Waals surface area contributed by atoms with Crippen LogP contribution < -0.4 is 4.90 Å². The maximum Gasteiger partial charge on any atom is 0.416 e. The number of halogens is 4. The molecule has 1 unspecified atom stereocenters. The lowest BCUT2D eigenvalue weighted by molar-refractivity contribution is -0.137. The number of alkyl halides is 3. The van der Waals surface area contributed by atoms with E-state index in [1.165, 1.54) is 11.0 Å². The van der Waals surface area contributed by atoms with Crippen molar-refractivity contribution in [2.75, 3.05) is 31.1 Å². The van der Waals surface area contributed by atoms with E-state index in [4.69, 9.17) is 0 Å². The SMILES string of the molecule is Cl.O=C1CC(CN2CCC(O)(c3cccs3)CC2)CN1c1cccc(C(F)(F)F)c1. The van der Waals surface area contributed by atoms with E-state index in [-0.39, 0.29) is 24.2 Å². The number of rotatable bonds is 4. The largest absolute Gasteiger partial charge is 0.416 e. The zero-order valence-corrected chi connectivity index (χ0v) is 17.9. The number of hydrogen-bond acceptors (Lipinski definition) is 4. The van der Waals surface area contributed by atoms with Gasteiger partial charge in [0.25, 0.3) is 0 Å². The van der Waals surface area contributed by atoms with Crippen LogP contribution in [0.3, 0.4) is 0 Å². The minimum atomic E-state index is -4.43. The molecule has 0 bridgehead atoms. The summed E-state index contributed by atoms with van der Waals surface area (Å²) >= 11 is 1.56. The third kappa shape index (κ3) is 4.82. The van der Waals surface area contributed by atoms with E-state index in [1.54, 1.807) is 17.4 Å². The van der Waals surface area contributed by atoms with E-state index >= 15 is 0 Å². The molecule has 0 radical (unpaired) electrons. The molecule has 1 N–H and O–H groups in total. The average Bonchev–Trinajstić information content (AvgIpc) is 3.34. The first-order valence-corrected chi connectivity index (χ1v) is 10.6. The number of amides is 1. The number of carbonyl (C=O) groups is 1. The number of thiophene rings is 1. The molecule has 1 atom stereocenters. The zero-order chi connectivity index (χ0) is 20.6. The summed E-state index contributed by atoms with van der Waals surface area (Å²) in [7, 11) is 0. The highest BCUT2D eigenvalue weighted by Gasteiger charge is 2.38. The van der Waals surface area contributed by atoms with Gasteiger partial charge in [-0.3, -0.25) is 4.79 Å². The van der Waals surface area contributed by atoms with Gasteiger partial charge in [0.05, 0.1) is 5.56 Å². The molecule has 2 aliphatic heterocycles. The highest BCUT2D eigenvalue weighted by atomic mass is 35.5. The summed E-state index contributed by atoms with van der Waals surface area (Å²) in [6.45, 7) is 2.61. The van der Waals surface area contributed by atoms with Gasteiger partial charge >= 0.3 is 6.18 Å². The molecule has 3 heterocycles. The van der Waals surface area contributed by atoms with Crippen LogP contribution in [0.5, 0.6) is 0 Å². The first-order valence-electron chi connectivity index (χ1n) is 9.71. The van der Waals surface area contributed by atoms with Crippen LogP contribution >= 0.6 is 23.7 Å². The number of nitrogens with zero attached hydrogens (tertiary/aromatic N) is 2. The number of likely N-dealkylation sites (tertiary alicyclic amines) is 1. The highest BCUT2D eigenvalue weighted by molar-refractivity contribution is 7.10. The number of carbonyl (C=O) groups excluding carboxylic acids is 1. The van der Waals surface area contributed by atoms with Crippen molar-refractivity contribution in [1.29, 1.82) is 0 Å². The Morgan fingerprint density at radius 3 is 2.53 bits per heavy atom. The number of benzene rings is 1. The molecular formula is C21H24ClF3N2O2S. The van der Waals surface area contributed by atoms with Gasteiger partial charge in [0.15, 0.2) is 0 Å². The molecule has 30 heavy (non-hydrogen) atoms.